The topological polar surface area (TPSA) is 44.2 Å². The van der Waals surface area contributed by atoms with Gasteiger partial charge in [-0.25, -0.2) is 4.98 Å². The maximum absolute atomic E-state index is 5.50. The average molecular weight is 323 g/mol. The van der Waals surface area contributed by atoms with E-state index >= 15 is 0 Å². The summed E-state index contributed by atoms with van der Waals surface area (Å²) in [6.45, 7) is 0.583. The molecular formula is C14H15BrN2O2. The predicted molar refractivity (Wildman–Crippen MR) is 76.5 cm³/mol. The minimum Gasteiger partial charge on any atom is -0.480 e. The van der Waals surface area contributed by atoms with Gasteiger partial charge >= 0.3 is 6.01 Å². The maximum atomic E-state index is 5.50. The van der Waals surface area contributed by atoms with Crippen LogP contribution in [0.25, 0.3) is 0 Å². The number of halogens is 1. The second-order valence-corrected chi connectivity index (χ2v) is 4.80. The standard InChI is InChI=1S/C14H15BrN2O2/c1-18-13-12(15)10-16-14(17-13)19-9-5-8-11-6-3-2-4-7-11/h2-4,6-7,10H,5,8-9H2,1H3. The molecule has 1 aromatic carbocycles. The van der Waals surface area contributed by atoms with Gasteiger partial charge in [0.05, 0.1) is 24.4 Å². The lowest BCUT2D eigenvalue weighted by molar-refractivity contribution is 0.279. The van der Waals surface area contributed by atoms with Crippen molar-refractivity contribution in [3.05, 3.63) is 46.6 Å². The molecule has 0 aliphatic carbocycles. The maximum Gasteiger partial charge on any atom is 0.319 e. The van der Waals surface area contributed by atoms with Crippen LogP contribution in [0.5, 0.6) is 11.9 Å². The van der Waals surface area contributed by atoms with Crippen molar-refractivity contribution in [1.82, 2.24) is 9.97 Å². The molecule has 1 aromatic heterocycles. The third-order valence-electron chi connectivity index (χ3n) is 2.57. The number of benzene rings is 1. The van der Waals surface area contributed by atoms with Crippen molar-refractivity contribution in [2.24, 2.45) is 0 Å². The first-order chi connectivity index (χ1) is 9.29. The van der Waals surface area contributed by atoms with Gasteiger partial charge in [0.15, 0.2) is 0 Å². The van der Waals surface area contributed by atoms with Gasteiger partial charge in [0.25, 0.3) is 0 Å². The first kappa shape index (κ1) is 13.8. The molecule has 0 atom stereocenters. The van der Waals surface area contributed by atoms with Crippen LogP contribution in [0.1, 0.15) is 12.0 Å². The van der Waals surface area contributed by atoms with E-state index in [-0.39, 0.29) is 0 Å². The van der Waals surface area contributed by atoms with Crippen LogP contribution in [0.15, 0.2) is 41.0 Å². The zero-order valence-corrected chi connectivity index (χ0v) is 12.3. The number of hydrogen-bond acceptors (Lipinski definition) is 4. The highest BCUT2D eigenvalue weighted by atomic mass is 79.9. The number of rotatable bonds is 6. The Morgan fingerprint density at radius 3 is 2.74 bits per heavy atom. The van der Waals surface area contributed by atoms with Crippen molar-refractivity contribution in [1.29, 1.82) is 0 Å². The van der Waals surface area contributed by atoms with E-state index in [1.165, 1.54) is 5.56 Å². The SMILES string of the molecule is COc1nc(OCCCc2ccccc2)ncc1Br. The van der Waals surface area contributed by atoms with Gasteiger partial charge in [-0.2, -0.15) is 4.98 Å². The molecule has 2 rings (SSSR count). The molecule has 5 heteroatoms. The van der Waals surface area contributed by atoms with Crippen molar-refractivity contribution < 1.29 is 9.47 Å². The number of hydrogen-bond donors (Lipinski definition) is 0. The molecule has 0 aliphatic heterocycles. The van der Waals surface area contributed by atoms with Crippen LogP contribution in [0.2, 0.25) is 0 Å². The minimum atomic E-state index is 0.341. The zero-order chi connectivity index (χ0) is 13.5. The van der Waals surface area contributed by atoms with E-state index in [2.05, 4.69) is 38.0 Å². The molecule has 4 nitrogen and oxygen atoms in total. The largest absolute Gasteiger partial charge is 0.480 e. The molecule has 100 valence electrons. The van der Waals surface area contributed by atoms with Gasteiger partial charge in [-0.05, 0) is 34.3 Å². The van der Waals surface area contributed by atoms with Crippen molar-refractivity contribution in [2.45, 2.75) is 12.8 Å². The zero-order valence-electron chi connectivity index (χ0n) is 10.7. The molecular weight excluding hydrogens is 308 g/mol. The van der Waals surface area contributed by atoms with Crippen LogP contribution in [0.3, 0.4) is 0 Å². The first-order valence-corrected chi connectivity index (χ1v) is 6.82. The number of ether oxygens (including phenoxy) is 2. The van der Waals surface area contributed by atoms with Gasteiger partial charge in [0.1, 0.15) is 0 Å². The number of methoxy groups -OCH3 is 1. The normalized spacial score (nSPS) is 10.2. The molecule has 0 bridgehead atoms. The third kappa shape index (κ3) is 4.21. The van der Waals surface area contributed by atoms with Crippen molar-refractivity contribution in [3.8, 4) is 11.9 Å². The Labute approximate surface area is 120 Å². The number of aromatic nitrogens is 2. The van der Waals surface area contributed by atoms with Crippen molar-refractivity contribution in [2.75, 3.05) is 13.7 Å². The highest BCUT2D eigenvalue weighted by Gasteiger charge is 2.05. The van der Waals surface area contributed by atoms with E-state index in [0.717, 1.165) is 12.8 Å². The molecule has 0 N–H and O–H groups in total. The first-order valence-electron chi connectivity index (χ1n) is 6.03. The molecule has 0 amide bonds. The monoisotopic (exact) mass is 322 g/mol. The van der Waals surface area contributed by atoms with Crippen LogP contribution in [0, 0.1) is 0 Å². The number of aryl methyl sites for hydroxylation is 1. The van der Waals surface area contributed by atoms with E-state index in [1.54, 1.807) is 13.3 Å². The summed E-state index contributed by atoms with van der Waals surface area (Å²) in [5.74, 6) is 0.480. The molecule has 0 radical (unpaired) electrons. The Morgan fingerprint density at radius 2 is 2.00 bits per heavy atom. The van der Waals surface area contributed by atoms with Gasteiger partial charge in [-0.1, -0.05) is 30.3 Å². The Hall–Kier alpha value is -1.62. The Kier molecular flexibility index (Phi) is 5.15. The van der Waals surface area contributed by atoms with E-state index in [1.807, 2.05) is 18.2 Å². The predicted octanol–water partition coefficient (Wildman–Crippen LogP) is 3.26. The highest BCUT2D eigenvalue weighted by Crippen LogP contribution is 2.22. The summed E-state index contributed by atoms with van der Waals surface area (Å²) in [6.07, 6.45) is 3.53. The second-order valence-electron chi connectivity index (χ2n) is 3.95. The van der Waals surface area contributed by atoms with Crippen LogP contribution in [-0.4, -0.2) is 23.7 Å². The summed E-state index contributed by atoms with van der Waals surface area (Å²) >= 11 is 3.30. The lowest BCUT2D eigenvalue weighted by Crippen LogP contribution is -2.03. The van der Waals surface area contributed by atoms with Crippen molar-refractivity contribution in [3.63, 3.8) is 0 Å². The van der Waals surface area contributed by atoms with Gasteiger partial charge in [-0.3, -0.25) is 0 Å². The fraction of sp³-hybridized carbons (Fsp3) is 0.286. The lowest BCUT2D eigenvalue weighted by atomic mass is 10.1. The average Bonchev–Trinajstić information content (AvgIpc) is 2.46. The third-order valence-corrected chi connectivity index (χ3v) is 3.11. The van der Waals surface area contributed by atoms with Gasteiger partial charge < -0.3 is 9.47 Å². The fourth-order valence-electron chi connectivity index (χ4n) is 1.63. The molecule has 19 heavy (non-hydrogen) atoms. The quantitative estimate of drug-likeness (QED) is 0.766. The molecule has 0 unspecified atom stereocenters. The van der Waals surface area contributed by atoms with Crippen molar-refractivity contribution >= 4 is 15.9 Å². The second kappa shape index (κ2) is 7.09. The summed E-state index contributed by atoms with van der Waals surface area (Å²) in [5, 5.41) is 0. The summed E-state index contributed by atoms with van der Waals surface area (Å²) in [7, 11) is 1.56. The summed E-state index contributed by atoms with van der Waals surface area (Å²) in [6, 6.07) is 10.7. The molecule has 0 aliphatic rings. The highest BCUT2D eigenvalue weighted by molar-refractivity contribution is 9.10. The molecule has 2 aromatic rings. The molecule has 0 spiro atoms. The Morgan fingerprint density at radius 1 is 1.21 bits per heavy atom. The van der Waals surface area contributed by atoms with Crippen LogP contribution >= 0.6 is 15.9 Å². The lowest BCUT2D eigenvalue weighted by Gasteiger charge is -2.06. The van der Waals surface area contributed by atoms with E-state index in [0.29, 0.717) is 23.0 Å². The summed E-state index contributed by atoms with van der Waals surface area (Å²) < 4.78 is 11.3. The van der Waals surface area contributed by atoms with Crippen LogP contribution in [0.4, 0.5) is 0 Å². The Balaban J connectivity index is 1.80. The smallest absolute Gasteiger partial charge is 0.319 e. The fourth-order valence-corrected chi connectivity index (χ4v) is 1.99. The molecule has 1 heterocycles. The van der Waals surface area contributed by atoms with E-state index in [4.69, 9.17) is 9.47 Å². The van der Waals surface area contributed by atoms with Gasteiger partial charge in [-0.15, -0.1) is 0 Å². The van der Waals surface area contributed by atoms with E-state index in [9.17, 15) is 0 Å². The summed E-state index contributed by atoms with van der Waals surface area (Å²) in [4.78, 5) is 8.20. The van der Waals surface area contributed by atoms with Gasteiger partial charge in [0, 0.05) is 0 Å². The summed E-state index contributed by atoms with van der Waals surface area (Å²) in [5.41, 5.74) is 1.31. The molecule has 0 saturated carbocycles. The minimum absolute atomic E-state index is 0.341. The van der Waals surface area contributed by atoms with Crippen LogP contribution in [-0.2, 0) is 6.42 Å². The molecule has 0 fully saturated rings. The molecule has 0 saturated heterocycles. The number of nitrogens with zero attached hydrogens (tertiary/aromatic N) is 2. The van der Waals surface area contributed by atoms with Crippen LogP contribution < -0.4 is 9.47 Å². The van der Waals surface area contributed by atoms with Gasteiger partial charge in [0.2, 0.25) is 5.88 Å². The Bertz CT molecular complexity index is 520. The van der Waals surface area contributed by atoms with E-state index < -0.39 is 0 Å².